The lowest BCUT2D eigenvalue weighted by molar-refractivity contribution is 0.0972. The number of anilines is 1. The molecular formula is C29H29N3O5. The van der Waals surface area contributed by atoms with E-state index in [1.807, 2.05) is 37.3 Å². The van der Waals surface area contributed by atoms with Crippen LogP contribution in [0.4, 0.5) is 5.69 Å². The van der Waals surface area contributed by atoms with Gasteiger partial charge in [0, 0.05) is 35.0 Å². The molecule has 1 aromatic heterocycles. The number of aromatic nitrogens is 1. The number of hydrogen-bond donors (Lipinski definition) is 3. The maximum Gasteiger partial charge on any atom is 0.261 e. The van der Waals surface area contributed by atoms with Crippen LogP contribution in [0, 0.1) is 6.92 Å². The molecule has 1 heterocycles. The number of carbonyl (C=O) groups is 2. The summed E-state index contributed by atoms with van der Waals surface area (Å²) in [7, 11) is 3.01. The molecule has 0 aliphatic carbocycles. The Morgan fingerprint density at radius 1 is 0.973 bits per heavy atom. The molecule has 0 aliphatic heterocycles. The number of carbonyl (C=O) groups excluding carboxylic acids is 2. The number of pyridine rings is 1. The third kappa shape index (κ3) is 5.54. The molecule has 0 saturated heterocycles. The Morgan fingerprint density at radius 3 is 2.35 bits per heavy atom. The van der Waals surface area contributed by atoms with Crippen LogP contribution >= 0.6 is 0 Å². The second-order valence-corrected chi connectivity index (χ2v) is 8.76. The number of amides is 1. The van der Waals surface area contributed by atoms with E-state index in [4.69, 9.17) is 15.2 Å². The summed E-state index contributed by atoms with van der Waals surface area (Å²) in [6.07, 6.45) is 0.243. The molecule has 0 aliphatic rings. The zero-order chi connectivity index (χ0) is 26.5. The Labute approximate surface area is 214 Å². The maximum absolute atomic E-state index is 13.1. The minimum absolute atomic E-state index is 0.0666. The van der Waals surface area contributed by atoms with Crippen LogP contribution in [0.2, 0.25) is 0 Å². The molecule has 8 nitrogen and oxygen atoms in total. The van der Waals surface area contributed by atoms with E-state index in [1.165, 1.54) is 20.3 Å². The summed E-state index contributed by atoms with van der Waals surface area (Å²) in [4.78, 5) is 41.6. The lowest BCUT2D eigenvalue weighted by Gasteiger charge is -2.15. The Balaban J connectivity index is 1.59. The quantitative estimate of drug-likeness (QED) is 0.293. The SMILES string of the molecule is COc1cc2cc(C(=O)Nc3cc(C(=O)CC(CN)c4ccccc4)ccc3C)c(=O)[nH]c2cc1OC. The topological polar surface area (TPSA) is 124 Å². The lowest BCUT2D eigenvalue weighted by atomic mass is 9.91. The van der Waals surface area contributed by atoms with Crippen LogP contribution in [0.1, 0.15) is 44.2 Å². The second kappa shape index (κ2) is 11.1. The third-order valence-corrected chi connectivity index (χ3v) is 6.39. The molecule has 1 amide bonds. The fraction of sp³-hybridized carbons (Fsp3) is 0.207. The number of nitrogens with two attached hydrogens (primary N) is 1. The number of methoxy groups -OCH3 is 2. The third-order valence-electron chi connectivity index (χ3n) is 6.39. The van der Waals surface area contributed by atoms with E-state index in [-0.39, 0.29) is 23.7 Å². The van der Waals surface area contributed by atoms with Crippen molar-refractivity contribution in [2.45, 2.75) is 19.3 Å². The van der Waals surface area contributed by atoms with Crippen molar-refractivity contribution in [3.63, 3.8) is 0 Å². The van der Waals surface area contributed by atoms with Gasteiger partial charge in [-0.25, -0.2) is 0 Å². The number of aromatic amines is 1. The van der Waals surface area contributed by atoms with Gasteiger partial charge in [0.25, 0.3) is 11.5 Å². The standard InChI is InChI=1S/C29H29N3O5/c1-17-9-10-19(25(33)13-21(16-30)18-7-5-4-6-8-18)12-23(17)31-28(34)22-11-20-14-26(36-2)27(37-3)15-24(20)32-29(22)35/h4-12,14-15,21H,13,16,30H2,1-3H3,(H,31,34)(H,32,35). The van der Waals surface area contributed by atoms with Crippen molar-refractivity contribution in [1.29, 1.82) is 0 Å². The van der Waals surface area contributed by atoms with Gasteiger partial charge in [-0.15, -0.1) is 0 Å². The number of fused-ring (bicyclic) bond motifs is 1. The van der Waals surface area contributed by atoms with E-state index >= 15 is 0 Å². The summed E-state index contributed by atoms with van der Waals surface area (Å²) in [6.45, 7) is 2.16. The normalized spacial score (nSPS) is 11.7. The van der Waals surface area contributed by atoms with Gasteiger partial charge in [0.1, 0.15) is 5.56 Å². The number of ketones is 1. The van der Waals surface area contributed by atoms with Crippen molar-refractivity contribution in [3.05, 3.63) is 99.3 Å². The molecule has 37 heavy (non-hydrogen) atoms. The van der Waals surface area contributed by atoms with Gasteiger partial charge in [-0.2, -0.15) is 0 Å². The van der Waals surface area contributed by atoms with Crippen molar-refractivity contribution in [3.8, 4) is 11.5 Å². The molecule has 0 fully saturated rings. The summed E-state index contributed by atoms with van der Waals surface area (Å²) in [5.74, 6) is 0.153. The molecule has 4 rings (SSSR count). The van der Waals surface area contributed by atoms with Crippen molar-refractivity contribution >= 4 is 28.3 Å². The average Bonchev–Trinajstić information content (AvgIpc) is 2.91. The lowest BCUT2D eigenvalue weighted by Crippen LogP contribution is -2.23. The Bertz CT molecular complexity index is 1510. The zero-order valence-corrected chi connectivity index (χ0v) is 21.0. The van der Waals surface area contributed by atoms with Crippen LogP contribution in [0.25, 0.3) is 10.9 Å². The molecule has 3 aromatic carbocycles. The highest BCUT2D eigenvalue weighted by atomic mass is 16.5. The van der Waals surface area contributed by atoms with Crippen molar-refractivity contribution < 1.29 is 19.1 Å². The Morgan fingerprint density at radius 2 is 1.68 bits per heavy atom. The first-order valence-corrected chi connectivity index (χ1v) is 11.8. The van der Waals surface area contributed by atoms with E-state index in [2.05, 4.69) is 10.3 Å². The van der Waals surface area contributed by atoms with Crippen LogP contribution in [0.5, 0.6) is 11.5 Å². The van der Waals surface area contributed by atoms with Gasteiger partial charge in [0.15, 0.2) is 17.3 Å². The Hall–Kier alpha value is -4.43. The molecule has 1 unspecified atom stereocenters. The van der Waals surface area contributed by atoms with Crippen LogP contribution in [0.3, 0.4) is 0 Å². The maximum atomic E-state index is 13.1. The molecule has 4 aromatic rings. The summed E-state index contributed by atoms with van der Waals surface area (Å²) in [5.41, 5.74) is 8.51. The minimum atomic E-state index is -0.588. The summed E-state index contributed by atoms with van der Waals surface area (Å²) >= 11 is 0. The minimum Gasteiger partial charge on any atom is -0.493 e. The van der Waals surface area contributed by atoms with Crippen LogP contribution in [-0.2, 0) is 0 Å². The van der Waals surface area contributed by atoms with Crippen LogP contribution in [-0.4, -0.2) is 37.4 Å². The second-order valence-electron chi connectivity index (χ2n) is 8.76. The monoisotopic (exact) mass is 499 g/mol. The van der Waals surface area contributed by atoms with E-state index in [0.717, 1.165) is 11.1 Å². The highest BCUT2D eigenvalue weighted by Crippen LogP contribution is 2.31. The molecular weight excluding hydrogens is 470 g/mol. The largest absolute Gasteiger partial charge is 0.493 e. The molecule has 0 radical (unpaired) electrons. The van der Waals surface area contributed by atoms with Gasteiger partial charge in [0.2, 0.25) is 0 Å². The van der Waals surface area contributed by atoms with E-state index in [9.17, 15) is 14.4 Å². The highest BCUT2D eigenvalue weighted by molar-refractivity contribution is 6.07. The molecule has 8 heteroatoms. The van der Waals surface area contributed by atoms with Crippen LogP contribution < -0.4 is 26.1 Å². The number of rotatable bonds is 9. The van der Waals surface area contributed by atoms with Crippen molar-refractivity contribution in [2.24, 2.45) is 5.73 Å². The molecule has 0 spiro atoms. The number of hydrogen-bond acceptors (Lipinski definition) is 6. The summed E-state index contributed by atoms with van der Waals surface area (Å²) in [5, 5.41) is 3.39. The summed E-state index contributed by atoms with van der Waals surface area (Å²) in [6, 6.07) is 19.6. The molecule has 4 N–H and O–H groups in total. The number of Topliss-reactive ketones (excluding diaryl/α,β-unsaturated/α-hetero) is 1. The molecule has 0 bridgehead atoms. The first kappa shape index (κ1) is 25.7. The number of H-pyrrole nitrogens is 1. The Kier molecular flexibility index (Phi) is 7.69. The van der Waals surface area contributed by atoms with Gasteiger partial charge in [0.05, 0.1) is 19.7 Å². The fourth-order valence-electron chi connectivity index (χ4n) is 4.23. The van der Waals surface area contributed by atoms with Gasteiger partial charge < -0.3 is 25.5 Å². The van der Waals surface area contributed by atoms with Gasteiger partial charge in [-0.05, 0) is 42.8 Å². The van der Waals surface area contributed by atoms with Crippen molar-refractivity contribution in [2.75, 3.05) is 26.1 Å². The van der Waals surface area contributed by atoms with E-state index in [1.54, 1.807) is 30.3 Å². The van der Waals surface area contributed by atoms with E-state index in [0.29, 0.717) is 40.2 Å². The smallest absolute Gasteiger partial charge is 0.261 e. The summed E-state index contributed by atoms with van der Waals surface area (Å²) < 4.78 is 10.6. The van der Waals surface area contributed by atoms with Crippen LogP contribution in [0.15, 0.2) is 71.5 Å². The fourth-order valence-corrected chi connectivity index (χ4v) is 4.23. The molecule has 190 valence electrons. The first-order chi connectivity index (χ1) is 17.8. The predicted octanol–water partition coefficient (Wildman–Crippen LogP) is 4.42. The first-order valence-electron chi connectivity index (χ1n) is 11.8. The highest BCUT2D eigenvalue weighted by Gasteiger charge is 2.19. The zero-order valence-electron chi connectivity index (χ0n) is 21.0. The van der Waals surface area contributed by atoms with Crippen molar-refractivity contribution in [1.82, 2.24) is 4.98 Å². The number of nitrogens with one attached hydrogen (secondary N) is 2. The van der Waals surface area contributed by atoms with Gasteiger partial charge in [-0.1, -0.05) is 42.5 Å². The van der Waals surface area contributed by atoms with Gasteiger partial charge in [-0.3, -0.25) is 14.4 Å². The molecule has 1 atom stereocenters. The average molecular weight is 500 g/mol. The number of ether oxygens (including phenoxy) is 2. The van der Waals surface area contributed by atoms with E-state index < -0.39 is 11.5 Å². The number of aryl methyl sites for hydroxylation is 1. The van der Waals surface area contributed by atoms with Gasteiger partial charge >= 0.3 is 0 Å². The predicted molar refractivity (Wildman–Crippen MR) is 144 cm³/mol. The number of benzene rings is 3. The molecule has 0 saturated carbocycles.